The van der Waals surface area contributed by atoms with E-state index in [4.69, 9.17) is 0 Å². The molecule has 106 valence electrons. The van der Waals surface area contributed by atoms with E-state index in [0.29, 0.717) is 0 Å². The number of nitrogens with zero attached hydrogens (tertiary/aromatic N) is 1. The molecule has 4 amide bonds. The third-order valence-electron chi connectivity index (χ3n) is 4.89. The summed E-state index contributed by atoms with van der Waals surface area (Å²) in [5.74, 6) is 0. The summed E-state index contributed by atoms with van der Waals surface area (Å²) >= 11 is 0. The van der Waals surface area contributed by atoms with Crippen molar-refractivity contribution in [1.82, 2.24) is 20.9 Å². The minimum Gasteiger partial charge on any atom is -0.311 e. The molecule has 3 N–H and O–H groups in total. The topological polar surface area (TPSA) is 73.5 Å². The highest BCUT2D eigenvalue weighted by atomic mass is 16.2. The highest BCUT2D eigenvalue weighted by molar-refractivity contribution is 5.88. The third-order valence-corrected chi connectivity index (χ3v) is 4.89. The molecular formula is C13H22N4O2. The first kappa shape index (κ1) is 12.6. The zero-order valence-electron chi connectivity index (χ0n) is 11.4. The second-order valence-corrected chi connectivity index (χ2v) is 5.96. The molecule has 2 atom stereocenters. The number of hydrogen-bond acceptors (Lipinski definition) is 2. The van der Waals surface area contributed by atoms with Crippen LogP contribution in [0.1, 0.15) is 51.4 Å². The van der Waals surface area contributed by atoms with E-state index in [2.05, 4.69) is 16.0 Å². The van der Waals surface area contributed by atoms with Gasteiger partial charge in [0, 0.05) is 7.05 Å². The van der Waals surface area contributed by atoms with Gasteiger partial charge in [0.2, 0.25) is 0 Å². The predicted molar refractivity (Wildman–Crippen MR) is 70.4 cm³/mol. The summed E-state index contributed by atoms with van der Waals surface area (Å²) < 4.78 is 0. The Labute approximate surface area is 113 Å². The number of carbonyl (C=O) groups excluding carboxylic acids is 2. The van der Waals surface area contributed by atoms with E-state index in [0.717, 1.165) is 38.5 Å². The quantitative estimate of drug-likeness (QED) is 0.621. The van der Waals surface area contributed by atoms with E-state index in [1.807, 2.05) is 0 Å². The summed E-state index contributed by atoms with van der Waals surface area (Å²) in [6.45, 7) is 0. The Morgan fingerprint density at radius 3 is 2.26 bits per heavy atom. The molecule has 2 saturated heterocycles. The highest BCUT2D eigenvalue weighted by Crippen LogP contribution is 2.41. The maximum Gasteiger partial charge on any atom is 0.321 e. The van der Waals surface area contributed by atoms with Crippen LogP contribution in [0.25, 0.3) is 0 Å². The average Bonchev–Trinajstić information content (AvgIpc) is 2.74. The van der Waals surface area contributed by atoms with Crippen LogP contribution in [-0.4, -0.2) is 35.3 Å². The van der Waals surface area contributed by atoms with Gasteiger partial charge in [-0.25, -0.2) is 9.59 Å². The summed E-state index contributed by atoms with van der Waals surface area (Å²) in [4.78, 5) is 25.6. The molecule has 0 aromatic carbocycles. The molecule has 2 aliphatic heterocycles. The predicted octanol–water partition coefficient (Wildman–Crippen LogP) is 1.48. The summed E-state index contributed by atoms with van der Waals surface area (Å²) in [5.41, 5.74) is -1.23. The van der Waals surface area contributed by atoms with Crippen LogP contribution >= 0.6 is 0 Å². The van der Waals surface area contributed by atoms with Crippen molar-refractivity contribution < 1.29 is 9.59 Å². The van der Waals surface area contributed by atoms with Gasteiger partial charge in [-0.3, -0.25) is 0 Å². The number of amides is 4. The normalized spacial score (nSPS) is 38.9. The summed E-state index contributed by atoms with van der Waals surface area (Å²) in [6.07, 6.45) is 8.47. The Balaban J connectivity index is 1.97. The SMILES string of the molecule is CN1C(=O)NC23CCCCCCCCC12NC(=O)N3. The number of likely N-dealkylation sites (N-methyl/N-ethyl adjacent to an activating group) is 1. The molecule has 2 heterocycles. The summed E-state index contributed by atoms with van der Waals surface area (Å²) in [6, 6.07) is -0.280. The largest absolute Gasteiger partial charge is 0.321 e. The van der Waals surface area contributed by atoms with E-state index in [-0.39, 0.29) is 12.1 Å². The number of urea groups is 2. The fraction of sp³-hybridized carbons (Fsp3) is 0.846. The lowest BCUT2D eigenvalue weighted by Gasteiger charge is -2.41. The first-order valence-electron chi connectivity index (χ1n) is 7.26. The van der Waals surface area contributed by atoms with Crippen LogP contribution in [0.4, 0.5) is 9.59 Å². The molecule has 0 spiro atoms. The molecule has 19 heavy (non-hydrogen) atoms. The zero-order valence-corrected chi connectivity index (χ0v) is 11.4. The van der Waals surface area contributed by atoms with Crippen LogP contribution < -0.4 is 16.0 Å². The molecule has 0 aromatic rings. The van der Waals surface area contributed by atoms with Gasteiger partial charge < -0.3 is 20.9 Å². The van der Waals surface area contributed by atoms with Crippen molar-refractivity contribution in [1.29, 1.82) is 0 Å². The van der Waals surface area contributed by atoms with Gasteiger partial charge in [-0.2, -0.15) is 0 Å². The van der Waals surface area contributed by atoms with E-state index >= 15 is 0 Å². The number of carbonyl (C=O) groups is 2. The van der Waals surface area contributed by atoms with E-state index in [1.165, 1.54) is 12.8 Å². The second-order valence-electron chi connectivity index (χ2n) is 5.96. The second kappa shape index (κ2) is 4.28. The van der Waals surface area contributed by atoms with Crippen molar-refractivity contribution in [3.05, 3.63) is 0 Å². The van der Waals surface area contributed by atoms with Gasteiger partial charge in [-0.1, -0.05) is 25.7 Å². The molecule has 2 unspecified atom stereocenters. The van der Waals surface area contributed by atoms with Crippen LogP contribution in [-0.2, 0) is 0 Å². The monoisotopic (exact) mass is 266 g/mol. The van der Waals surface area contributed by atoms with E-state index < -0.39 is 11.3 Å². The molecule has 1 saturated carbocycles. The Hall–Kier alpha value is -1.46. The van der Waals surface area contributed by atoms with Gasteiger partial charge in [-0.15, -0.1) is 0 Å². The Bertz CT molecular complexity index is 413. The summed E-state index contributed by atoms with van der Waals surface area (Å²) in [7, 11) is 1.77. The van der Waals surface area contributed by atoms with E-state index in [9.17, 15) is 9.59 Å². The summed E-state index contributed by atoms with van der Waals surface area (Å²) in [5, 5.41) is 9.00. The Morgan fingerprint density at radius 2 is 1.53 bits per heavy atom. The minimum atomic E-state index is -0.632. The van der Waals surface area contributed by atoms with Crippen LogP contribution in [0.2, 0.25) is 0 Å². The highest BCUT2D eigenvalue weighted by Gasteiger charge is 2.66. The van der Waals surface area contributed by atoms with Crippen molar-refractivity contribution in [2.45, 2.75) is 62.7 Å². The van der Waals surface area contributed by atoms with Gasteiger partial charge in [0.15, 0.2) is 11.3 Å². The van der Waals surface area contributed by atoms with Crippen molar-refractivity contribution in [3.63, 3.8) is 0 Å². The maximum absolute atomic E-state index is 12.1. The molecule has 0 radical (unpaired) electrons. The van der Waals surface area contributed by atoms with Gasteiger partial charge >= 0.3 is 12.1 Å². The van der Waals surface area contributed by atoms with Crippen LogP contribution in [0.3, 0.4) is 0 Å². The lowest BCUT2D eigenvalue weighted by Crippen LogP contribution is -2.65. The Morgan fingerprint density at radius 1 is 0.895 bits per heavy atom. The lowest BCUT2D eigenvalue weighted by molar-refractivity contribution is 0.0826. The smallest absolute Gasteiger partial charge is 0.311 e. The number of rotatable bonds is 0. The van der Waals surface area contributed by atoms with Gasteiger partial charge in [0.1, 0.15) is 0 Å². The lowest BCUT2D eigenvalue weighted by atomic mass is 9.84. The standard InChI is InChI=1S/C13H22N4O2/c1-17-11(19)16-12-8-6-4-2-3-5-7-9-13(12,17)15-10(18)14-12/h2-9H2,1H3,(H,16,19)(H2,14,15,18). The van der Waals surface area contributed by atoms with Gasteiger partial charge in [-0.05, 0) is 25.7 Å². The van der Waals surface area contributed by atoms with Crippen LogP contribution in [0.5, 0.6) is 0 Å². The maximum atomic E-state index is 12.1. The van der Waals surface area contributed by atoms with Gasteiger partial charge in [0.25, 0.3) is 0 Å². The number of hydrogen-bond donors (Lipinski definition) is 3. The van der Waals surface area contributed by atoms with E-state index in [1.54, 1.807) is 11.9 Å². The molecule has 6 heteroatoms. The molecule has 0 bridgehead atoms. The molecule has 3 fully saturated rings. The van der Waals surface area contributed by atoms with Crippen LogP contribution in [0.15, 0.2) is 0 Å². The van der Waals surface area contributed by atoms with Crippen LogP contribution in [0, 0.1) is 0 Å². The molecule has 6 nitrogen and oxygen atoms in total. The van der Waals surface area contributed by atoms with Crippen molar-refractivity contribution >= 4 is 12.1 Å². The molecule has 0 aromatic heterocycles. The Kier molecular flexibility index (Phi) is 2.83. The van der Waals surface area contributed by atoms with Crippen molar-refractivity contribution in [3.8, 4) is 0 Å². The van der Waals surface area contributed by atoms with Gasteiger partial charge in [0.05, 0.1) is 0 Å². The zero-order chi connectivity index (χ0) is 13.5. The fourth-order valence-corrected chi connectivity index (χ4v) is 3.82. The molecular weight excluding hydrogens is 244 g/mol. The van der Waals surface area contributed by atoms with Crippen molar-refractivity contribution in [2.24, 2.45) is 0 Å². The average molecular weight is 266 g/mol. The first-order valence-corrected chi connectivity index (χ1v) is 7.26. The minimum absolute atomic E-state index is 0.105. The number of nitrogens with one attached hydrogen (secondary N) is 3. The third kappa shape index (κ3) is 1.69. The molecule has 1 aliphatic carbocycles. The first-order chi connectivity index (χ1) is 9.10. The fourth-order valence-electron chi connectivity index (χ4n) is 3.82. The molecule has 3 rings (SSSR count). The molecule has 3 aliphatic rings. The van der Waals surface area contributed by atoms with Crippen molar-refractivity contribution in [2.75, 3.05) is 7.05 Å².